The molecule has 0 aliphatic rings. The molecular weight excluding hydrogens is 211 g/mol. The first-order valence-electron chi connectivity index (χ1n) is 4.69. The van der Waals surface area contributed by atoms with Crippen LogP contribution in [0.4, 0.5) is 4.39 Å². The maximum absolute atomic E-state index is 13.0. The number of benzene rings is 1. The van der Waals surface area contributed by atoms with Crippen LogP contribution in [0.15, 0.2) is 18.2 Å². The Morgan fingerprint density at radius 2 is 2.25 bits per heavy atom. The Bertz CT molecular complexity index is 443. The highest BCUT2D eigenvalue weighted by molar-refractivity contribution is 5.89. The Balaban J connectivity index is 2.85. The zero-order chi connectivity index (χ0) is 12.0. The van der Waals surface area contributed by atoms with Crippen molar-refractivity contribution in [1.29, 1.82) is 0 Å². The van der Waals surface area contributed by atoms with Gasteiger partial charge in [0, 0.05) is 11.5 Å². The molecule has 84 valence electrons. The Kier molecular flexibility index (Phi) is 4.34. The largest absolute Gasteiger partial charge is 0.494 e. The van der Waals surface area contributed by atoms with Gasteiger partial charge in [0.05, 0.1) is 13.7 Å². The number of ether oxygens (including phenoxy) is 2. The highest BCUT2D eigenvalue weighted by Gasteiger charge is 2.01. The SMILES string of the molecule is CCOC(=O)C#Cc1ccc(F)c(OC)c1. The molecule has 4 heteroatoms. The van der Waals surface area contributed by atoms with Crippen molar-refractivity contribution < 1.29 is 18.7 Å². The van der Waals surface area contributed by atoms with E-state index < -0.39 is 11.8 Å². The number of halogens is 1. The summed E-state index contributed by atoms with van der Waals surface area (Å²) in [7, 11) is 1.36. The highest BCUT2D eigenvalue weighted by atomic mass is 19.1. The maximum atomic E-state index is 13.0. The summed E-state index contributed by atoms with van der Waals surface area (Å²) < 4.78 is 22.4. The molecule has 0 radical (unpaired) electrons. The molecule has 1 rings (SSSR count). The third kappa shape index (κ3) is 3.28. The first kappa shape index (κ1) is 12.1. The first-order chi connectivity index (χ1) is 7.67. The van der Waals surface area contributed by atoms with Crippen molar-refractivity contribution in [2.75, 3.05) is 13.7 Å². The van der Waals surface area contributed by atoms with E-state index in [4.69, 9.17) is 4.74 Å². The van der Waals surface area contributed by atoms with E-state index in [2.05, 4.69) is 16.6 Å². The third-order valence-electron chi connectivity index (χ3n) is 1.74. The summed E-state index contributed by atoms with van der Waals surface area (Å²) in [5.41, 5.74) is 0.492. The van der Waals surface area contributed by atoms with Gasteiger partial charge in [-0.1, -0.05) is 5.92 Å². The average molecular weight is 222 g/mol. The molecule has 1 aromatic rings. The van der Waals surface area contributed by atoms with Crippen molar-refractivity contribution in [2.24, 2.45) is 0 Å². The summed E-state index contributed by atoms with van der Waals surface area (Å²) in [6.45, 7) is 1.97. The predicted octanol–water partition coefficient (Wildman–Crippen LogP) is 1.75. The van der Waals surface area contributed by atoms with Crippen LogP contribution in [0.3, 0.4) is 0 Å². The smallest absolute Gasteiger partial charge is 0.384 e. The molecule has 0 amide bonds. The molecule has 0 saturated carbocycles. The van der Waals surface area contributed by atoms with E-state index in [1.807, 2.05) is 0 Å². The van der Waals surface area contributed by atoms with Crippen LogP contribution in [0.5, 0.6) is 5.75 Å². The monoisotopic (exact) mass is 222 g/mol. The minimum atomic E-state index is -0.606. The van der Waals surface area contributed by atoms with Crippen molar-refractivity contribution in [3.05, 3.63) is 29.6 Å². The lowest BCUT2D eigenvalue weighted by atomic mass is 10.2. The zero-order valence-electron chi connectivity index (χ0n) is 9.04. The van der Waals surface area contributed by atoms with Crippen LogP contribution in [0.1, 0.15) is 12.5 Å². The third-order valence-corrected chi connectivity index (χ3v) is 1.74. The minimum absolute atomic E-state index is 0.0932. The van der Waals surface area contributed by atoms with Gasteiger partial charge in [-0.3, -0.25) is 0 Å². The van der Waals surface area contributed by atoms with Gasteiger partial charge in [-0.25, -0.2) is 9.18 Å². The summed E-state index contributed by atoms with van der Waals surface area (Å²) in [6.07, 6.45) is 0. The number of hydrogen-bond acceptors (Lipinski definition) is 3. The number of carbonyl (C=O) groups excluding carboxylic acids is 1. The number of rotatable bonds is 2. The normalized spacial score (nSPS) is 8.94. The molecule has 0 saturated heterocycles. The topological polar surface area (TPSA) is 35.5 Å². The molecule has 0 unspecified atom stereocenters. The van der Waals surface area contributed by atoms with Gasteiger partial charge in [0.1, 0.15) is 0 Å². The Morgan fingerprint density at radius 1 is 1.50 bits per heavy atom. The lowest BCUT2D eigenvalue weighted by Gasteiger charge is -2.00. The highest BCUT2D eigenvalue weighted by Crippen LogP contribution is 2.17. The van der Waals surface area contributed by atoms with Gasteiger partial charge in [0.25, 0.3) is 0 Å². The van der Waals surface area contributed by atoms with Crippen molar-refractivity contribution in [3.63, 3.8) is 0 Å². The van der Waals surface area contributed by atoms with Gasteiger partial charge in [0.15, 0.2) is 11.6 Å². The second-order valence-corrected chi connectivity index (χ2v) is 2.82. The van der Waals surface area contributed by atoms with Crippen molar-refractivity contribution in [1.82, 2.24) is 0 Å². The number of carbonyl (C=O) groups is 1. The molecule has 3 nitrogen and oxygen atoms in total. The van der Waals surface area contributed by atoms with Crippen LogP contribution in [0, 0.1) is 17.7 Å². The van der Waals surface area contributed by atoms with E-state index in [1.54, 1.807) is 6.92 Å². The van der Waals surface area contributed by atoms with Gasteiger partial charge in [0.2, 0.25) is 0 Å². The molecular formula is C12H11FO3. The minimum Gasteiger partial charge on any atom is -0.494 e. The predicted molar refractivity (Wildman–Crippen MR) is 56.5 cm³/mol. The van der Waals surface area contributed by atoms with Crippen LogP contribution in [0.2, 0.25) is 0 Å². The fourth-order valence-electron chi connectivity index (χ4n) is 1.03. The summed E-state index contributed by atoms with van der Waals surface area (Å²) in [6, 6.07) is 4.11. The molecule has 0 fully saturated rings. The van der Waals surface area contributed by atoms with Gasteiger partial charge in [-0.15, -0.1) is 0 Å². The van der Waals surface area contributed by atoms with Crippen LogP contribution < -0.4 is 4.74 Å². The van der Waals surface area contributed by atoms with E-state index in [0.717, 1.165) is 0 Å². The first-order valence-corrected chi connectivity index (χ1v) is 4.69. The number of methoxy groups -OCH3 is 1. The Morgan fingerprint density at radius 3 is 2.88 bits per heavy atom. The molecule has 16 heavy (non-hydrogen) atoms. The Labute approximate surface area is 93.2 Å². The maximum Gasteiger partial charge on any atom is 0.384 e. The average Bonchev–Trinajstić information content (AvgIpc) is 2.28. The number of esters is 1. The summed E-state index contributed by atoms with van der Waals surface area (Å²) in [5, 5.41) is 0. The summed E-state index contributed by atoms with van der Waals surface area (Å²) >= 11 is 0. The van der Waals surface area contributed by atoms with Crippen LogP contribution >= 0.6 is 0 Å². The lowest BCUT2D eigenvalue weighted by Crippen LogP contribution is -1.99. The molecule has 0 spiro atoms. The Hall–Kier alpha value is -2.02. The van der Waals surface area contributed by atoms with Gasteiger partial charge in [-0.2, -0.15) is 0 Å². The summed E-state index contributed by atoms with van der Waals surface area (Å²) in [4.78, 5) is 10.9. The van der Waals surface area contributed by atoms with Crippen LogP contribution in [-0.4, -0.2) is 19.7 Å². The standard InChI is InChI=1S/C12H11FO3/c1-3-16-12(14)7-5-9-4-6-10(13)11(8-9)15-2/h4,6,8H,3H2,1-2H3. The molecule has 0 aliphatic heterocycles. The fraction of sp³-hybridized carbons (Fsp3) is 0.250. The molecule has 0 atom stereocenters. The van der Waals surface area contributed by atoms with E-state index in [9.17, 15) is 9.18 Å². The van der Waals surface area contributed by atoms with Crippen molar-refractivity contribution in [3.8, 4) is 17.6 Å². The quantitative estimate of drug-likeness (QED) is 0.565. The number of hydrogen-bond donors (Lipinski definition) is 0. The van der Waals surface area contributed by atoms with Crippen LogP contribution in [0.25, 0.3) is 0 Å². The second-order valence-electron chi connectivity index (χ2n) is 2.82. The van der Waals surface area contributed by atoms with Gasteiger partial charge >= 0.3 is 5.97 Å². The molecule has 0 heterocycles. The second kappa shape index (κ2) is 5.76. The van der Waals surface area contributed by atoms with Gasteiger partial charge in [-0.05, 0) is 25.1 Å². The van der Waals surface area contributed by atoms with E-state index in [1.165, 1.54) is 25.3 Å². The molecule has 0 N–H and O–H groups in total. The molecule has 1 aromatic carbocycles. The van der Waals surface area contributed by atoms with Crippen molar-refractivity contribution in [2.45, 2.75) is 6.92 Å². The summed E-state index contributed by atoms with van der Waals surface area (Å²) in [5.74, 6) is 3.86. The molecule has 0 bridgehead atoms. The van der Waals surface area contributed by atoms with Gasteiger partial charge < -0.3 is 9.47 Å². The lowest BCUT2D eigenvalue weighted by molar-refractivity contribution is -0.136. The fourth-order valence-corrected chi connectivity index (χ4v) is 1.03. The van der Waals surface area contributed by atoms with E-state index in [0.29, 0.717) is 5.56 Å². The van der Waals surface area contributed by atoms with E-state index >= 15 is 0 Å². The molecule has 0 aliphatic carbocycles. The molecule has 0 aromatic heterocycles. The van der Waals surface area contributed by atoms with Crippen molar-refractivity contribution >= 4 is 5.97 Å². The van der Waals surface area contributed by atoms with Crippen LogP contribution in [-0.2, 0) is 9.53 Å². The zero-order valence-corrected chi connectivity index (χ0v) is 9.04. The van der Waals surface area contributed by atoms with E-state index in [-0.39, 0.29) is 12.4 Å².